The van der Waals surface area contributed by atoms with Gasteiger partial charge in [-0.3, -0.25) is 0 Å². The van der Waals surface area contributed by atoms with Crippen LogP contribution in [0, 0.1) is 6.92 Å². The number of anilines is 1. The molecular formula is C22H19N7O. The molecule has 8 heteroatoms. The van der Waals surface area contributed by atoms with Crippen LogP contribution in [0.25, 0.3) is 34.1 Å². The fourth-order valence-corrected chi connectivity index (χ4v) is 3.17. The summed E-state index contributed by atoms with van der Waals surface area (Å²) in [5.74, 6) is 1.84. The predicted molar refractivity (Wildman–Crippen MR) is 114 cm³/mol. The number of H-pyrrole nitrogens is 1. The molecule has 5 rings (SSSR count). The number of hydrogen-bond donors (Lipinski definition) is 2. The van der Waals surface area contributed by atoms with Crippen LogP contribution in [0.2, 0.25) is 0 Å². The maximum Gasteiger partial charge on any atom is 0.286 e. The average molecular weight is 397 g/mol. The van der Waals surface area contributed by atoms with Gasteiger partial charge in [0, 0.05) is 35.8 Å². The molecule has 0 atom stereocenters. The Labute approximate surface area is 172 Å². The van der Waals surface area contributed by atoms with Gasteiger partial charge in [0.25, 0.3) is 5.89 Å². The lowest BCUT2D eigenvalue weighted by Gasteiger charge is -2.09. The zero-order valence-electron chi connectivity index (χ0n) is 16.3. The normalized spacial score (nSPS) is 11.1. The molecule has 0 saturated carbocycles. The lowest BCUT2D eigenvalue weighted by Crippen LogP contribution is -2.08. The summed E-state index contributed by atoms with van der Waals surface area (Å²) in [6.45, 7) is 2.73. The standard InChI is InChI=1S/C22H19N7O/c1-14-6-8-15(9-7-14)21-28-29-22(30-21)20-26-18-5-3-2-4-17(18)19(27-20)24-11-10-16-12-23-13-25-16/h2-9,12-13H,10-11H2,1H3,(H,23,25)(H,24,26,27). The summed E-state index contributed by atoms with van der Waals surface area (Å²) in [6, 6.07) is 15.8. The molecule has 0 saturated heterocycles. The Bertz CT molecular complexity index is 1280. The number of rotatable bonds is 6. The molecule has 3 heterocycles. The molecule has 30 heavy (non-hydrogen) atoms. The molecule has 2 N–H and O–H groups in total. The van der Waals surface area contributed by atoms with E-state index in [1.54, 1.807) is 6.33 Å². The highest BCUT2D eigenvalue weighted by molar-refractivity contribution is 5.90. The van der Waals surface area contributed by atoms with Crippen molar-refractivity contribution >= 4 is 16.7 Å². The molecule has 0 aliphatic heterocycles. The highest BCUT2D eigenvalue weighted by Gasteiger charge is 2.16. The Morgan fingerprint density at radius 1 is 0.967 bits per heavy atom. The molecule has 8 nitrogen and oxygen atoms in total. The van der Waals surface area contributed by atoms with E-state index in [9.17, 15) is 0 Å². The van der Waals surface area contributed by atoms with E-state index in [1.165, 1.54) is 5.56 Å². The van der Waals surface area contributed by atoms with Crippen LogP contribution >= 0.6 is 0 Å². The quantitative estimate of drug-likeness (QED) is 0.445. The molecule has 0 unspecified atom stereocenters. The second-order valence-corrected chi connectivity index (χ2v) is 6.94. The maximum atomic E-state index is 5.87. The van der Waals surface area contributed by atoms with Gasteiger partial charge in [-0.2, -0.15) is 0 Å². The molecule has 5 aromatic rings. The van der Waals surface area contributed by atoms with Gasteiger partial charge in [0.05, 0.1) is 11.8 Å². The Morgan fingerprint density at radius 2 is 1.80 bits per heavy atom. The predicted octanol–water partition coefficient (Wildman–Crippen LogP) is 4.03. The number of aryl methyl sites for hydroxylation is 1. The fraction of sp³-hybridized carbons (Fsp3) is 0.136. The summed E-state index contributed by atoms with van der Waals surface area (Å²) in [7, 11) is 0. The van der Waals surface area contributed by atoms with E-state index in [1.807, 2.05) is 61.7 Å². The molecule has 0 radical (unpaired) electrons. The van der Waals surface area contributed by atoms with E-state index in [4.69, 9.17) is 4.42 Å². The largest absolute Gasteiger partial charge is 0.413 e. The third kappa shape index (κ3) is 3.62. The minimum atomic E-state index is 0.285. The Morgan fingerprint density at radius 3 is 2.63 bits per heavy atom. The van der Waals surface area contributed by atoms with Crippen molar-refractivity contribution in [3.05, 3.63) is 72.3 Å². The van der Waals surface area contributed by atoms with Crippen LogP contribution in [0.4, 0.5) is 5.82 Å². The SMILES string of the molecule is Cc1ccc(-c2nnc(-c3nc(NCCc4cnc[nH]4)c4ccccc4n3)o2)cc1. The van der Waals surface area contributed by atoms with Crippen LogP contribution in [0.5, 0.6) is 0 Å². The second-order valence-electron chi connectivity index (χ2n) is 6.94. The number of imidazole rings is 1. The van der Waals surface area contributed by atoms with E-state index >= 15 is 0 Å². The summed E-state index contributed by atoms with van der Waals surface area (Å²) >= 11 is 0. The van der Waals surface area contributed by atoms with Gasteiger partial charge >= 0.3 is 0 Å². The van der Waals surface area contributed by atoms with Crippen molar-refractivity contribution in [3.63, 3.8) is 0 Å². The van der Waals surface area contributed by atoms with E-state index in [2.05, 4.69) is 35.5 Å². The lowest BCUT2D eigenvalue weighted by molar-refractivity contribution is 0.579. The molecule has 0 aliphatic rings. The van der Waals surface area contributed by atoms with Crippen LogP contribution in [0.1, 0.15) is 11.3 Å². The molecule has 0 amide bonds. The summed E-state index contributed by atoms with van der Waals surface area (Å²) in [5.41, 5.74) is 3.89. The van der Waals surface area contributed by atoms with Gasteiger partial charge in [0.1, 0.15) is 5.82 Å². The van der Waals surface area contributed by atoms with Gasteiger partial charge in [0.2, 0.25) is 11.7 Å². The highest BCUT2D eigenvalue weighted by Crippen LogP contribution is 2.26. The average Bonchev–Trinajstić information content (AvgIpc) is 3.46. The number of nitrogens with one attached hydrogen (secondary N) is 2. The van der Waals surface area contributed by atoms with Crippen molar-refractivity contribution in [3.8, 4) is 23.2 Å². The summed E-state index contributed by atoms with van der Waals surface area (Å²) in [5, 5.41) is 12.7. The Hall–Kier alpha value is -4.07. The number of benzene rings is 2. The molecule has 148 valence electrons. The van der Waals surface area contributed by atoms with Crippen LogP contribution in [-0.4, -0.2) is 36.7 Å². The number of para-hydroxylation sites is 1. The molecule has 2 aromatic carbocycles. The fourth-order valence-electron chi connectivity index (χ4n) is 3.17. The number of fused-ring (bicyclic) bond motifs is 1. The first kappa shape index (κ1) is 18.0. The van der Waals surface area contributed by atoms with Gasteiger partial charge in [-0.25, -0.2) is 15.0 Å². The van der Waals surface area contributed by atoms with Crippen LogP contribution < -0.4 is 5.32 Å². The van der Waals surface area contributed by atoms with Crippen molar-refractivity contribution in [2.75, 3.05) is 11.9 Å². The highest BCUT2D eigenvalue weighted by atomic mass is 16.4. The minimum absolute atomic E-state index is 0.285. The first-order valence-electron chi connectivity index (χ1n) is 9.65. The van der Waals surface area contributed by atoms with E-state index in [0.29, 0.717) is 18.3 Å². The van der Waals surface area contributed by atoms with Gasteiger partial charge in [-0.05, 0) is 31.2 Å². The maximum absolute atomic E-state index is 5.87. The van der Waals surface area contributed by atoms with Crippen LogP contribution in [0.15, 0.2) is 65.5 Å². The zero-order chi connectivity index (χ0) is 20.3. The van der Waals surface area contributed by atoms with E-state index in [0.717, 1.165) is 34.4 Å². The first-order valence-corrected chi connectivity index (χ1v) is 9.65. The van der Waals surface area contributed by atoms with Crippen molar-refractivity contribution in [1.82, 2.24) is 30.1 Å². The smallest absolute Gasteiger partial charge is 0.286 e. The zero-order valence-corrected chi connectivity index (χ0v) is 16.3. The van der Waals surface area contributed by atoms with E-state index in [-0.39, 0.29) is 5.89 Å². The molecule has 0 fully saturated rings. The van der Waals surface area contributed by atoms with Crippen molar-refractivity contribution in [2.24, 2.45) is 0 Å². The number of nitrogens with zero attached hydrogens (tertiary/aromatic N) is 5. The summed E-state index contributed by atoms with van der Waals surface area (Å²) in [4.78, 5) is 16.4. The van der Waals surface area contributed by atoms with Crippen LogP contribution in [-0.2, 0) is 6.42 Å². The van der Waals surface area contributed by atoms with Crippen molar-refractivity contribution in [1.29, 1.82) is 0 Å². The van der Waals surface area contributed by atoms with Gasteiger partial charge in [-0.15, -0.1) is 10.2 Å². The molecule has 0 spiro atoms. The topological polar surface area (TPSA) is 105 Å². The third-order valence-corrected chi connectivity index (χ3v) is 4.76. The van der Waals surface area contributed by atoms with Crippen molar-refractivity contribution < 1.29 is 4.42 Å². The second kappa shape index (κ2) is 7.75. The monoisotopic (exact) mass is 397 g/mol. The van der Waals surface area contributed by atoms with Gasteiger partial charge in [-0.1, -0.05) is 29.8 Å². The third-order valence-electron chi connectivity index (χ3n) is 4.76. The number of hydrogen-bond acceptors (Lipinski definition) is 7. The lowest BCUT2D eigenvalue weighted by atomic mass is 10.1. The van der Waals surface area contributed by atoms with Crippen LogP contribution in [0.3, 0.4) is 0 Å². The van der Waals surface area contributed by atoms with E-state index < -0.39 is 0 Å². The first-order chi connectivity index (χ1) is 14.8. The summed E-state index contributed by atoms with van der Waals surface area (Å²) < 4.78 is 5.87. The molecule has 0 aliphatic carbocycles. The van der Waals surface area contributed by atoms with Gasteiger partial charge < -0.3 is 14.7 Å². The number of aromatic nitrogens is 6. The molecular weight excluding hydrogens is 378 g/mol. The summed E-state index contributed by atoms with van der Waals surface area (Å²) in [6.07, 6.45) is 4.29. The number of aromatic amines is 1. The van der Waals surface area contributed by atoms with Crippen molar-refractivity contribution in [2.45, 2.75) is 13.3 Å². The molecule has 3 aromatic heterocycles. The Kier molecular flexibility index (Phi) is 4.65. The Balaban J connectivity index is 1.46. The molecule has 0 bridgehead atoms. The van der Waals surface area contributed by atoms with Gasteiger partial charge in [0.15, 0.2) is 0 Å². The minimum Gasteiger partial charge on any atom is -0.413 e.